The van der Waals surface area contributed by atoms with Crippen LogP contribution in [0.15, 0.2) is 12.2 Å². The molecule has 0 aromatic carbocycles. The van der Waals surface area contributed by atoms with Gasteiger partial charge in [-0.15, -0.1) is 0 Å². The molecule has 0 rings (SSSR count). The summed E-state index contributed by atoms with van der Waals surface area (Å²) >= 11 is 0. The molecule has 8 nitrogen and oxygen atoms in total. The Morgan fingerprint density at radius 3 is 2.39 bits per heavy atom. The van der Waals surface area contributed by atoms with Crippen molar-refractivity contribution in [2.24, 2.45) is 0 Å². The lowest BCUT2D eigenvalue weighted by Crippen LogP contribution is -2.46. The largest absolute Gasteiger partial charge is 0.478 e. The van der Waals surface area contributed by atoms with Crippen LogP contribution in [-0.2, 0) is 19.1 Å². The molecule has 0 aromatic heterocycles. The van der Waals surface area contributed by atoms with Crippen molar-refractivity contribution < 1.29 is 29.0 Å². The van der Waals surface area contributed by atoms with Gasteiger partial charge in [-0.25, -0.2) is 14.4 Å². The number of aliphatic carboxylic acids is 1. The Bertz CT molecular complexity index is 377. The fourth-order valence-corrected chi connectivity index (χ4v) is 0.859. The highest BCUT2D eigenvalue weighted by atomic mass is 16.5. The normalized spacial score (nSPS) is 11.7. The third-order valence-corrected chi connectivity index (χ3v) is 1.60. The number of carbonyl (C=O) groups excluding carboxylic acids is 3. The van der Waals surface area contributed by atoms with Crippen molar-refractivity contribution in [2.75, 3.05) is 6.61 Å². The Hall–Kier alpha value is -2.38. The smallest absolute Gasteiger partial charge is 0.328 e. The summed E-state index contributed by atoms with van der Waals surface area (Å²) in [5.41, 5.74) is 0. The summed E-state index contributed by atoms with van der Waals surface area (Å²) < 4.78 is 4.63. The number of urea groups is 1. The number of hydrogen-bond acceptors (Lipinski definition) is 5. The van der Waals surface area contributed by atoms with Gasteiger partial charge in [0.15, 0.2) is 0 Å². The van der Waals surface area contributed by atoms with Gasteiger partial charge < -0.3 is 15.2 Å². The summed E-state index contributed by atoms with van der Waals surface area (Å²) in [5, 5.41) is 12.2. The van der Waals surface area contributed by atoms with E-state index in [1.54, 1.807) is 6.92 Å². The first-order valence-corrected chi connectivity index (χ1v) is 5.06. The number of amides is 3. The quantitative estimate of drug-likeness (QED) is 0.447. The summed E-state index contributed by atoms with van der Waals surface area (Å²) in [6, 6.07) is -1.84. The summed E-state index contributed by atoms with van der Waals surface area (Å²) in [6.07, 6.45) is 1.26. The Morgan fingerprint density at radius 1 is 1.28 bits per heavy atom. The second kappa shape index (κ2) is 7.82. The van der Waals surface area contributed by atoms with Crippen LogP contribution >= 0.6 is 0 Å². The SMILES string of the molecule is CCOC(=O)C(C)NC(=O)NC(=O)C=CC(=O)O. The molecule has 0 bridgehead atoms. The van der Waals surface area contributed by atoms with Gasteiger partial charge in [0, 0.05) is 12.2 Å². The lowest BCUT2D eigenvalue weighted by Gasteiger charge is -2.12. The van der Waals surface area contributed by atoms with Gasteiger partial charge in [0.05, 0.1) is 6.61 Å². The Labute approximate surface area is 103 Å². The van der Waals surface area contributed by atoms with Crippen LogP contribution in [0.25, 0.3) is 0 Å². The summed E-state index contributed by atoms with van der Waals surface area (Å²) in [7, 11) is 0. The number of rotatable bonds is 5. The van der Waals surface area contributed by atoms with Crippen LogP contribution in [0, 0.1) is 0 Å². The van der Waals surface area contributed by atoms with E-state index in [9.17, 15) is 19.2 Å². The Kier molecular flexibility index (Phi) is 6.79. The van der Waals surface area contributed by atoms with Crippen molar-refractivity contribution in [3.05, 3.63) is 12.2 Å². The first-order valence-electron chi connectivity index (χ1n) is 5.06. The van der Waals surface area contributed by atoms with Gasteiger partial charge in [0.25, 0.3) is 5.91 Å². The predicted molar refractivity (Wildman–Crippen MR) is 59.5 cm³/mol. The minimum Gasteiger partial charge on any atom is -0.478 e. The van der Waals surface area contributed by atoms with Crippen molar-refractivity contribution in [1.82, 2.24) is 10.6 Å². The van der Waals surface area contributed by atoms with Crippen molar-refractivity contribution in [1.29, 1.82) is 0 Å². The zero-order chi connectivity index (χ0) is 14.1. The standard InChI is InChI=1S/C10H14N2O6/c1-3-18-9(16)6(2)11-10(17)12-7(13)4-5-8(14)15/h4-6H,3H2,1-2H3,(H,14,15)(H2,11,12,13,17). The average Bonchev–Trinajstić information content (AvgIpc) is 2.26. The molecule has 100 valence electrons. The molecular formula is C10H14N2O6. The maximum atomic E-state index is 11.2. The van der Waals surface area contributed by atoms with Crippen LogP contribution in [0.3, 0.4) is 0 Å². The number of nitrogens with one attached hydrogen (secondary N) is 2. The van der Waals surface area contributed by atoms with E-state index < -0.39 is 29.9 Å². The van der Waals surface area contributed by atoms with E-state index >= 15 is 0 Å². The molecule has 8 heteroatoms. The monoisotopic (exact) mass is 258 g/mol. The number of ether oxygens (including phenoxy) is 1. The van der Waals surface area contributed by atoms with Gasteiger partial charge in [-0.3, -0.25) is 10.1 Å². The number of carboxylic acids is 1. The second-order valence-electron chi connectivity index (χ2n) is 3.11. The van der Waals surface area contributed by atoms with Crippen LogP contribution in [0.2, 0.25) is 0 Å². The number of carbonyl (C=O) groups is 4. The van der Waals surface area contributed by atoms with Crippen LogP contribution in [0.4, 0.5) is 4.79 Å². The average molecular weight is 258 g/mol. The molecule has 0 aliphatic rings. The van der Waals surface area contributed by atoms with Crippen LogP contribution in [-0.4, -0.2) is 41.6 Å². The zero-order valence-corrected chi connectivity index (χ0v) is 9.93. The fourth-order valence-electron chi connectivity index (χ4n) is 0.859. The van der Waals surface area contributed by atoms with Crippen LogP contribution < -0.4 is 10.6 Å². The molecule has 3 amide bonds. The topological polar surface area (TPSA) is 122 Å². The van der Waals surface area contributed by atoms with Crippen molar-refractivity contribution in [2.45, 2.75) is 19.9 Å². The molecule has 0 radical (unpaired) electrons. The summed E-state index contributed by atoms with van der Waals surface area (Å²) in [6.45, 7) is 3.17. The number of imide groups is 1. The Morgan fingerprint density at radius 2 is 1.89 bits per heavy atom. The second-order valence-corrected chi connectivity index (χ2v) is 3.11. The molecule has 0 spiro atoms. The van der Waals surface area contributed by atoms with E-state index in [0.717, 1.165) is 0 Å². The lowest BCUT2D eigenvalue weighted by molar-refractivity contribution is -0.145. The number of esters is 1. The van der Waals surface area contributed by atoms with Gasteiger partial charge in [0.2, 0.25) is 0 Å². The molecule has 3 N–H and O–H groups in total. The van der Waals surface area contributed by atoms with E-state index in [0.29, 0.717) is 12.2 Å². The van der Waals surface area contributed by atoms with Crippen LogP contribution in [0.5, 0.6) is 0 Å². The van der Waals surface area contributed by atoms with E-state index in [4.69, 9.17) is 5.11 Å². The molecule has 0 saturated heterocycles. The Balaban J connectivity index is 4.15. The summed E-state index contributed by atoms with van der Waals surface area (Å²) in [5.74, 6) is -2.86. The highest BCUT2D eigenvalue weighted by Gasteiger charge is 2.17. The minimum atomic E-state index is -1.31. The number of carboxylic acid groups (broad SMARTS) is 1. The highest BCUT2D eigenvalue weighted by Crippen LogP contribution is 1.87. The molecule has 0 aliphatic carbocycles. The molecule has 0 saturated carbocycles. The van der Waals surface area contributed by atoms with Gasteiger partial charge in [0.1, 0.15) is 6.04 Å². The first kappa shape index (κ1) is 15.6. The van der Waals surface area contributed by atoms with E-state index in [-0.39, 0.29) is 6.61 Å². The van der Waals surface area contributed by atoms with Crippen molar-refractivity contribution in [3.8, 4) is 0 Å². The molecule has 1 unspecified atom stereocenters. The molecule has 1 atom stereocenters. The van der Waals surface area contributed by atoms with Gasteiger partial charge in [-0.05, 0) is 13.8 Å². The molecule has 0 aromatic rings. The maximum Gasteiger partial charge on any atom is 0.328 e. The van der Waals surface area contributed by atoms with Crippen molar-refractivity contribution in [3.63, 3.8) is 0 Å². The maximum absolute atomic E-state index is 11.2. The first-order chi connectivity index (χ1) is 8.36. The van der Waals surface area contributed by atoms with Crippen molar-refractivity contribution >= 4 is 23.9 Å². The van der Waals surface area contributed by atoms with Crippen LogP contribution in [0.1, 0.15) is 13.8 Å². The molecular weight excluding hydrogens is 244 g/mol. The zero-order valence-electron chi connectivity index (χ0n) is 9.93. The molecule has 0 fully saturated rings. The third-order valence-electron chi connectivity index (χ3n) is 1.60. The van der Waals surface area contributed by atoms with E-state index in [1.165, 1.54) is 6.92 Å². The number of hydrogen-bond donors (Lipinski definition) is 3. The fraction of sp³-hybridized carbons (Fsp3) is 0.400. The minimum absolute atomic E-state index is 0.173. The van der Waals surface area contributed by atoms with Gasteiger partial charge in [-0.2, -0.15) is 0 Å². The molecule has 18 heavy (non-hydrogen) atoms. The van der Waals surface area contributed by atoms with Gasteiger partial charge >= 0.3 is 18.0 Å². The summed E-state index contributed by atoms with van der Waals surface area (Å²) in [4.78, 5) is 43.4. The highest BCUT2D eigenvalue weighted by molar-refractivity contribution is 6.03. The molecule has 0 heterocycles. The van der Waals surface area contributed by atoms with E-state index in [1.807, 2.05) is 5.32 Å². The predicted octanol–water partition coefficient (Wildman–Crippen LogP) is -0.595. The van der Waals surface area contributed by atoms with E-state index in [2.05, 4.69) is 10.1 Å². The molecule has 0 aliphatic heterocycles. The lowest BCUT2D eigenvalue weighted by atomic mass is 10.3. The third kappa shape index (κ3) is 6.99. The van der Waals surface area contributed by atoms with Gasteiger partial charge in [-0.1, -0.05) is 0 Å².